The molecule has 0 radical (unpaired) electrons. The molecule has 0 aliphatic carbocycles. The minimum absolute atomic E-state index is 0.0511. The van der Waals surface area contributed by atoms with Gasteiger partial charge in [-0.05, 0) is 38.1 Å². The fourth-order valence-corrected chi connectivity index (χ4v) is 3.01. The molecule has 9 heteroatoms. The zero-order chi connectivity index (χ0) is 21.8. The van der Waals surface area contributed by atoms with Gasteiger partial charge in [0.05, 0.1) is 10.7 Å². The monoisotopic (exact) mass is 430 g/mol. The van der Waals surface area contributed by atoms with Crippen LogP contribution in [-0.4, -0.2) is 45.2 Å². The number of hydrogen-bond acceptors (Lipinski definition) is 5. The Bertz CT molecular complexity index is 1100. The third kappa shape index (κ3) is 4.83. The lowest BCUT2D eigenvalue weighted by Gasteiger charge is -2.17. The highest BCUT2D eigenvalue weighted by Gasteiger charge is 2.19. The Balaban J connectivity index is 1.67. The molecule has 0 N–H and O–H groups in total. The lowest BCUT2D eigenvalue weighted by Crippen LogP contribution is -2.31. The van der Waals surface area contributed by atoms with E-state index in [2.05, 4.69) is 10.1 Å². The van der Waals surface area contributed by atoms with Crippen LogP contribution in [-0.2, 0) is 16.1 Å². The standard InChI is InChI=1S/C21H20ClFN4O3/c1-13-10-14(2)27(25-13)18-9-8-16(22)20(24-18)21(29)30-12-19(28)26(3)11-15-6-4-5-7-17(15)23/h4-10H,11-12H2,1-3H3. The molecule has 3 aromatic rings. The van der Waals surface area contributed by atoms with Gasteiger partial charge < -0.3 is 9.64 Å². The van der Waals surface area contributed by atoms with Crippen LogP contribution in [0.1, 0.15) is 27.4 Å². The summed E-state index contributed by atoms with van der Waals surface area (Å²) in [6, 6.07) is 11.2. The Morgan fingerprint density at radius 1 is 1.20 bits per heavy atom. The second kappa shape index (κ2) is 9.04. The van der Waals surface area contributed by atoms with Gasteiger partial charge in [0, 0.05) is 24.8 Å². The molecular formula is C21H20ClFN4O3. The van der Waals surface area contributed by atoms with E-state index in [1.165, 1.54) is 24.1 Å². The van der Waals surface area contributed by atoms with Crippen molar-refractivity contribution in [3.05, 3.63) is 75.9 Å². The molecular weight excluding hydrogens is 411 g/mol. The fraction of sp³-hybridized carbons (Fsp3) is 0.238. The maximum absolute atomic E-state index is 13.7. The van der Waals surface area contributed by atoms with E-state index >= 15 is 0 Å². The van der Waals surface area contributed by atoms with E-state index in [0.29, 0.717) is 11.4 Å². The van der Waals surface area contributed by atoms with Gasteiger partial charge >= 0.3 is 5.97 Å². The molecule has 2 heterocycles. The molecule has 2 aromatic heterocycles. The van der Waals surface area contributed by atoms with Crippen LogP contribution in [0.4, 0.5) is 4.39 Å². The molecule has 0 unspecified atom stereocenters. The second-order valence-electron chi connectivity index (χ2n) is 6.76. The quantitative estimate of drug-likeness (QED) is 0.559. The maximum atomic E-state index is 13.7. The number of ether oxygens (including phenoxy) is 1. The van der Waals surface area contributed by atoms with Crippen molar-refractivity contribution < 1.29 is 18.7 Å². The Morgan fingerprint density at radius 2 is 1.93 bits per heavy atom. The van der Waals surface area contributed by atoms with Crippen molar-refractivity contribution in [2.45, 2.75) is 20.4 Å². The van der Waals surface area contributed by atoms with Crippen LogP contribution in [0.25, 0.3) is 5.82 Å². The van der Waals surface area contributed by atoms with Crippen molar-refractivity contribution in [2.24, 2.45) is 0 Å². The highest BCUT2D eigenvalue weighted by atomic mass is 35.5. The summed E-state index contributed by atoms with van der Waals surface area (Å²) in [5.74, 6) is -1.33. The zero-order valence-electron chi connectivity index (χ0n) is 16.7. The van der Waals surface area contributed by atoms with Crippen molar-refractivity contribution in [3.8, 4) is 5.82 Å². The van der Waals surface area contributed by atoms with Gasteiger partial charge in [0.15, 0.2) is 18.1 Å². The molecule has 156 valence electrons. The van der Waals surface area contributed by atoms with E-state index in [-0.39, 0.29) is 17.3 Å². The summed E-state index contributed by atoms with van der Waals surface area (Å²) in [6.07, 6.45) is 0. The van der Waals surface area contributed by atoms with Crippen molar-refractivity contribution in [2.75, 3.05) is 13.7 Å². The van der Waals surface area contributed by atoms with Gasteiger partial charge in [-0.3, -0.25) is 4.79 Å². The molecule has 0 fully saturated rings. The first kappa shape index (κ1) is 21.4. The van der Waals surface area contributed by atoms with Gasteiger partial charge in [0.2, 0.25) is 0 Å². The van der Waals surface area contributed by atoms with E-state index in [4.69, 9.17) is 16.3 Å². The summed E-state index contributed by atoms with van der Waals surface area (Å²) < 4.78 is 20.4. The number of nitrogens with zero attached hydrogens (tertiary/aromatic N) is 4. The SMILES string of the molecule is Cc1cc(C)n(-c2ccc(Cl)c(C(=O)OCC(=O)N(C)Cc3ccccc3F)n2)n1. The first-order valence-corrected chi connectivity index (χ1v) is 9.48. The van der Waals surface area contributed by atoms with Crippen molar-refractivity contribution >= 4 is 23.5 Å². The molecule has 0 atom stereocenters. The third-order valence-corrected chi connectivity index (χ3v) is 4.67. The highest BCUT2D eigenvalue weighted by molar-refractivity contribution is 6.33. The number of esters is 1. The summed E-state index contributed by atoms with van der Waals surface area (Å²) in [5.41, 5.74) is 1.89. The van der Waals surface area contributed by atoms with Crippen molar-refractivity contribution in [1.82, 2.24) is 19.7 Å². The van der Waals surface area contributed by atoms with Gasteiger partial charge in [-0.15, -0.1) is 0 Å². The predicted molar refractivity (Wildman–Crippen MR) is 109 cm³/mol. The third-order valence-electron chi connectivity index (χ3n) is 4.37. The van der Waals surface area contributed by atoms with Crippen molar-refractivity contribution in [3.63, 3.8) is 0 Å². The minimum Gasteiger partial charge on any atom is -0.451 e. The summed E-state index contributed by atoms with van der Waals surface area (Å²) in [6.45, 7) is 3.23. The number of rotatable bonds is 6. The number of aromatic nitrogens is 3. The van der Waals surface area contributed by atoms with Crippen LogP contribution >= 0.6 is 11.6 Å². The molecule has 0 spiro atoms. The molecule has 0 aliphatic rings. The van der Waals surface area contributed by atoms with E-state index in [1.807, 2.05) is 19.9 Å². The zero-order valence-corrected chi connectivity index (χ0v) is 17.5. The lowest BCUT2D eigenvalue weighted by molar-refractivity contribution is -0.133. The number of hydrogen-bond donors (Lipinski definition) is 0. The highest BCUT2D eigenvalue weighted by Crippen LogP contribution is 2.19. The van der Waals surface area contributed by atoms with Crippen LogP contribution < -0.4 is 0 Å². The number of carbonyl (C=O) groups excluding carboxylic acids is 2. The Kier molecular flexibility index (Phi) is 6.47. The smallest absolute Gasteiger partial charge is 0.359 e. The van der Waals surface area contributed by atoms with Crippen LogP contribution in [0.15, 0.2) is 42.5 Å². The van der Waals surface area contributed by atoms with E-state index in [0.717, 1.165) is 11.4 Å². The minimum atomic E-state index is -0.837. The Labute approximate surface area is 178 Å². The number of halogens is 2. The average molecular weight is 431 g/mol. The number of benzene rings is 1. The normalized spacial score (nSPS) is 10.7. The molecule has 30 heavy (non-hydrogen) atoms. The van der Waals surface area contributed by atoms with Gasteiger partial charge in [0.1, 0.15) is 5.82 Å². The van der Waals surface area contributed by atoms with Crippen LogP contribution in [0.5, 0.6) is 0 Å². The second-order valence-corrected chi connectivity index (χ2v) is 7.16. The number of amides is 1. The first-order chi connectivity index (χ1) is 14.3. The molecule has 0 saturated carbocycles. The average Bonchev–Trinajstić information content (AvgIpc) is 3.05. The van der Waals surface area contributed by atoms with E-state index in [1.54, 1.807) is 28.9 Å². The fourth-order valence-electron chi connectivity index (χ4n) is 2.83. The Morgan fingerprint density at radius 3 is 2.60 bits per heavy atom. The molecule has 7 nitrogen and oxygen atoms in total. The maximum Gasteiger partial charge on any atom is 0.359 e. The van der Waals surface area contributed by atoms with Gasteiger partial charge in [-0.2, -0.15) is 5.10 Å². The largest absolute Gasteiger partial charge is 0.451 e. The molecule has 0 saturated heterocycles. The summed E-state index contributed by atoms with van der Waals surface area (Å²) in [4.78, 5) is 30.2. The summed E-state index contributed by atoms with van der Waals surface area (Å²) >= 11 is 6.10. The van der Waals surface area contributed by atoms with Crippen LogP contribution in [0.3, 0.4) is 0 Å². The van der Waals surface area contributed by atoms with Gasteiger partial charge in [-0.1, -0.05) is 29.8 Å². The van der Waals surface area contributed by atoms with Crippen LogP contribution in [0.2, 0.25) is 5.02 Å². The topological polar surface area (TPSA) is 77.3 Å². The molecule has 0 bridgehead atoms. The van der Waals surface area contributed by atoms with Crippen molar-refractivity contribution in [1.29, 1.82) is 0 Å². The van der Waals surface area contributed by atoms with E-state index < -0.39 is 24.3 Å². The number of pyridine rings is 1. The number of likely N-dealkylation sites (N-methyl/N-ethyl adjacent to an activating group) is 1. The lowest BCUT2D eigenvalue weighted by atomic mass is 10.2. The first-order valence-electron chi connectivity index (χ1n) is 9.11. The van der Waals surface area contributed by atoms with Gasteiger partial charge in [-0.25, -0.2) is 18.9 Å². The van der Waals surface area contributed by atoms with Crippen LogP contribution in [0, 0.1) is 19.7 Å². The molecule has 0 aliphatic heterocycles. The summed E-state index contributed by atoms with van der Waals surface area (Å²) in [5, 5.41) is 4.42. The Hall–Kier alpha value is -3.26. The van der Waals surface area contributed by atoms with E-state index in [9.17, 15) is 14.0 Å². The number of carbonyl (C=O) groups is 2. The number of aryl methyl sites for hydroxylation is 2. The predicted octanol–water partition coefficient (Wildman–Crippen LogP) is 3.49. The molecule has 3 rings (SSSR count). The summed E-state index contributed by atoms with van der Waals surface area (Å²) in [7, 11) is 1.50. The molecule has 1 aromatic carbocycles. The molecule has 1 amide bonds. The van der Waals surface area contributed by atoms with Gasteiger partial charge in [0.25, 0.3) is 5.91 Å².